The molecule has 0 bridgehead atoms. The van der Waals surface area contributed by atoms with Gasteiger partial charge in [0, 0.05) is 28.9 Å². The first-order valence-corrected chi connectivity index (χ1v) is 9.03. The maximum Gasteiger partial charge on any atom is 0.227 e. The maximum atomic E-state index is 12.8. The molecule has 0 fully saturated rings. The Morgan fingerprint density at radius 1 is 1.35 bits per heavy atom. The lowest BCUT2D eigenvalue weighted by Crippen LogP contribution is -2.36. The first-order valence-electron chi connectivity index (χ1n) is 8.27. The van der Waals surface area contributed by atoms with Crippen molar-refractivity contribution in [3.8, 4) is 0 Å². The minimum atomic E-state index is -0.704. The van der Waals surface area contributed by atoms with Crippen LogP contribution >= 0.6 is 23.2 Å². The molecule has 0 radical (unpaired) electrons. The molecule has 2 N–H and O–H groups in total. The minimum absolute atomic E-state index is 0.0862. The second-order valence-electron chi connectivity index (χ2n) is 6.64. The summed E-state index contributed by atoms with van der Waals surface area (Å²) in [6, 6.07) is 8.75. The van der Waals surface area contributed by atoms with Gasteiger partial charge in [-0.05, 0) is 34.9 Å². The van der Waals surface area contributed by atoms with Crippen LogP contribution in [0.5, 0.6) is 0 Å². The minimum Gasteiger partial charge on any atom is -0.390 e. The van der Waals surface area contributed by atoms with Gasteiger partial charge in [0.2, 0.25) is 5.91 Å². The smallest absolute Gasteiger partial charge is 0.227 e. The van der Waals surface area contributed by atoms with Gasteiger partial charge in [-0.2, -0.15) is 5.10 Å². The SMILES string of the molecule is CN(C(=O)Cc1ccc2cn[nH]c2c1)C1c2cc(Cl)cc(Cl)c2CC1O. The Bertz CT molecular complexity index is 1000. The molecule has 7 heteroatoms. The van der Waals surface area contributed by atoms with Gasteiger partial charge in [0.05, 0.1) is 30.3 Å². The van der Waals surface area contributed by atoms with Crippen LogP contribution in [0.2, 0.25) is 10.0 Å². The second kappa shape index (κ2) is 6.58. The zero-order chi connectivity index (χ0) is 18.4. The monoisotopic (exact) mass is 389 g/mol. The Morgan fingerprint density at radius 2 is 2.15 bits per heavy atom. The number of H-pyrrole nitrogens is 1. The molecule has 5 nitrogen and oxygen atoms in total. The molecule has 0 aliphatic heterocycles. The molecule has 2 aromatic carbocycles. The van der Waals surface area contributed by atoms with Gasteiger partial charge in [-0.25, -0.2) is 0 Å². The van der Waals surface area contributed by atoms with Crippen LogP contribution in [0.1, 0.15) is 22.7 Å². The summed E-state index contributed by atoms with van der Waals surface area (Å²) in [6.45, 7) is 0. The number of carbonyl (C=O) groups excluding carboxylic acids is 1. The number of aromatic nitrogens is 2. The van der Waals surface area contributed by atoms with Gasteiger partial charge >= 0.3 is 0 Å². The summed E-state index contributed by atoms with van der Waals surface area (Å²) in [5.74, 6) is -0.0862. The molecule has 0 saturated heterocycles. The van der Waals surface area contributed by atoms with E-state index in [0.717, 1.165) is 27.6 Å². The van der Waals surface area contributed by atoms with Gasteiger partial charge in [-0.3, -0.25) is 9.89 Å². The Labute approximate surface area is 160 Å². The molecule has 2 unspecified atom stereocenters. The Hall–Kier alpha value is -2.08. The number of fused-ring (bicyclic) bond motifs is 2. The van der Waals surface area contributed by atoms with E-state index in [1.54, 1.807) is 30.3 Å². The van der Waals surface area contributed by atoms with Gasteiger partial charge in [0.1, 0.15) is 0 Å². The van der Waals surface area contributed by atoms with E-state index in [9.17, 15) is 9.90 Å². The van der Waals surface area contributed by atoms with Gasteiger partial charge in [0.15, 0.2) is 0 Å². The number of amides is 1. The van der Waals surface area contributed by atoms with Crippen molar-refractivity contribution in [2.45, 2.75) is 25.0 Å². The molecular formula is C19H17Cl2N3O2. The van der Waals surface area contributed by atoms with Crippen LogP contribution in [0.4, 0.5) is 0 Å². The van der Waals surface area contributed by atoms with Gasteiger partial charge in [-0.15, -0.1) is 0 Å². The third-order valence-corrected chi connectivity index (χ3v) is 5.52. The van der Waals surface area contributed by atoms with Crippen LogP contribution in [-0.4, -0.2) is 39.3 Å². The highest BCUT2D eigenvalue weighted by atomic mass is 35.5. The summed E-state index contributed by atoms with van der Waals surface area (Å²) in [6.07, 6.45) is 1.68. The highest BCUT2D eigenvalue weighted by molar-refractivity contribution is 6.35. The summed E-state index contributed by atoms with van der Waals surface area (Å²) < 4.78 is 0. The predicted octanol–water partition coefficient (Wildman–Crippen LogP) is 3.53. The Balaban J connectivity index is 1.59. The van der Waals surface area contributed by atoms with Crippen molar-refractivity contribution in [3.05, 3.63) is 63.3 Å². The lowest BCUT2D eigenvalue weighted by atomic mass is 10.0. The van der Waals surface area contributed by atoms with Crippen molar-refractivity contribution in [1.82, 2.24) is 15.1 Å². The quantitative estimate of drug-likeness (QED) is 0.719. The fraction of sp³-hybridized carbons (Fsp3) is 0.263. The van der Waals surface area contributed by atoms with Crippen molar-refractivity contribution in [1.29, 1.82) is 0 Å². The number of nitrogens with zero attached hydrogens (tertiary/aromatic N) is 2. The van der Waals surface area contributed by atoms with Gasteiger partial charge < -0.3 is 10.0 Å². The van der Waals surface area contributed by atoms with Crippen LogP contribution in [0.15, 0.2) is 36.5 Å². The summed E-state index contributed by atoms with van der Waals surface area (Å²) in [5.41, 5.74) is 3.44. The van der Waals surface area contributed by atoms with Crippen molar-refractivity contribution in [3.63, 3.8) is 0 Å². The number of benzene rings is 2. The number of halogens is 2. The normalized spacial score (nSPS) is 18.9. The Morgan fingerprint density at radius 3 is 2.96 bits per heavy atom. The van der Waals surface area contributed by atoms with E-state index in [-0.39, 0.29) is 12.3 Å². The average Bonchev–Trinajstić information content (AvgIpc) is 3.17. The molecule has 26 heavy (non-hydrogen) atoms. The van der Waals surface area contributed by atoms with Crippen LogP contribution < -0.4 is 0 Å². The van der Waals surface area contributed by atoms with Crippen LogP contribution in [0.3, 0.4) is 0 Å². The molecule has 2 atom stereocenters. The highest BCUT2D eigenvalue weighted by Gasteiger charge is 2.37. The molecule has 3 aromatic rings. The zero-order valence-electron chi connectivity index (χ0n) is 14.0. The molecule has 0 saturated carbocycles. The standard InChI is InChI=1S/C19H17Cl2N3O2/c1-24(18(26)5-10-2-3-11-9-22-23-16(11)4-10)19-14-6-12(20)7-15(21)13(14)8-17(19)25/h2-4,6-7,9,17,19,25H,5,8H2,1H3,(H,22,23). The number of nitrogens with one attached hydrogen (secondary N) is 1. The van der Waals surface area contributed by atoms with Crippen LogP contribution in [0, 0.1) is 0 Å². The van der Waals surface area contributed by atoms with Crippen molar-refractivity contribution >= 4 is 40.0 Å². The predicted molar refractivity (Wildman–Crippen MR) is 101 cm³/mol. The fourth-order valence-electron chi connectivity index (χ4n) is 3.65. The first-order chi connectivity index (χ1) is 12.4. The molecule has 0 spiro atoms. The summed E-state index contributed by atoms with van der Waals surface area (Å²) in [5, 5.41) is 19.4. The number of carbonyl (C=O) groups is 1. The number of hydrogen-bond donors (Lipinski definition) is 2. The molecule has 1 aromatic heterocycles. The molecule has 4 rings (SSSR count). The topological polar surface area (TPSA) is 69.2 Å². The summed E-state index contributed by atoms with van der Waals surface area (Å²) >= 11 is 12.4. The number of aliphatic hydroxyl groups is 1. The van der Waals surface area contributed by atoms with E-state index in [0.29, 0.717) is 16.5 Å². The van der Waals surface area contributed by atoms with E-state index < -0.39 is 12.1 Å². The lowest BCUT2D eigenvalue weighted by Gasteiger charge is -2.28. The maximum absolute atomic E-state index is 12.8. The molecule has 1 aliphatic carbocycles. The number of likely N-dealkylation sites (N-methyl/N-ethyl adjacent to an activating group) is 1. The molecule has 1 heterocycles. The summed E-state index contributed by atoms with van der Waals surface area (Å²) in [4.78, 5) is 14.4. The number of aliphatic hydroxyl groups excluding tert-OH is 1. The number of rotatable bonds is 3. The molecule has 1 aliphatic rings. The largest absolute Gasteiger partial charge is 0.390 e. The Kier molecular flexibility index (Phi) is 4.39. The van der Waals surface area contributed by atoms with Gasteiger partial charge in [-0.1, -0.05) is 35.3 Å². The van der Waals surface area contributed by atoms with Crippen molar-refractivity contribution < 1.29 is 9.90 Å². The second-order valence-corrected chi connectivity index (χ2v) is 7.49. The highest BCUT2D eigenvalue weighted by Crippen LogP contribution is 2.41. The van der Waals surface area contributed by atoms with Crippen molar-refractivity contribution in [2.24, 2.45) is 0 Å². The number of aromatic amines is 1. The summed E-state index contributed by atoms with van der Waals surface area (Å²) in [7, 11) is 1.70. The van der Waals surface area contributed by atoms with E-state index in [1.807, 2.05) is 18.2 Å². The van der Waals surface area contributed by atoms with Crippen molar-refractivity contribution in [2.75, 3.05) is 7.05 Å². The number of hydrogen-bond acceptors (Lipinski definition) is 3. The lowest BCUT2D eigenvalue weighted by molar-refractivity contribution is -0.133. The van der Waals surface area contributed by atoms with Crippen LogP contribution in [-0.2, 0) is 17.6 Å². The zero-order valence-corrected chi connectivity index (χ0v) is 15.6. The van der Waals surface area contributed by atoms with E-state index in [1.165, 1.54) is 0 Å². The van der Waals surface area contributed by atoms with Gasteiger partial charge in [0.25, 0.3) is 0 Å². The molecule has 1 amide bonds. The fourth-order valence-corrected chi connectivity index (χ4v) is 4.23. The van der Waals surface area contributed by atoms with E-state index in [2.05, 4.69) is 10.2 Å². The van der Waals surface area contributed by atoms with E-state index in [4.69, 9.17) is 23.2 Å². The first kappa shape index (κ1) is 17.3. The molecular weight excluding hydrogens is 373 g/mol. The third kappa shape index (κ3) is 2.96. The average molecular weight is 390 g/mol. The van der Waals surface area contributed by atoms with E-state index >= 15 is 0 Å². The van der Waals surface area contributed by atoms with Crippen LogP contribution in [0.25, 0.3) is 10.9 Å². The molecule has 134 valence electrons. The third-order valence-electron chi connectivity index (χ3n) is 4.96.